The molecule has 0 aliphatic carbocycles. The van der Waals surface area contributed by atoms with Gasteiger partial charge in [0.1, 0.15) is 11.6 Å². The first-order valence-electron chi connectivity index (χ1n) is 6.22. The Morgan fingerprint density at radius 3 is 2.84 bits per heavy atom. The van der Waals surface area contributed by atoms with Crippen molar-refractivity contribution in [3.05, 3.63) is 53.4 Å². The second-order valence-corrected chi connectivity index (χ2v) is 4.61. The minimum absolute atomic E-state index is 0.229. The van der Waals surface area contributed by atoms with Crippen molar-refractivity contribution >= 4 is 0 Å². The summed E-state index contributed by atoms with van der Waals surface area (Å²) in [7, 11) is 1.86. The molecule has 2 rings (SSSR count). The molecule has 0 spiro atoms. The van der Waals surface area contributed by atoms with Crippen LogP contribution >= 0.6 is 0 Å². The molecule has 0 amide bonds. The molecule has 0 saturated heterocycles. The van der Waals surface area contributed by atoms with E-state index in [-0.39, 0.29) is 11.9 Å². The molecule has 1 atom stereocenters. The molecule has 0 aliphatic rings. The maximum Gasteiger partial charge on any atom is 0.128 e. The Bertz CT molecular complexity index is 551. The first kappa shape index (κ1) is 13.7. The summed E-state index contributed by atoms with van der Waals surface area (Å²) in [6, 6.07) is 3.29. The fourth-order valence-corrected chi connectivity index (χ4v) is 1.99. The van der Waals surface area contributed by atoms with Gasteiger partial charge in [-0.3, -0.25) is 4.68 Å². The first-order valence-corrected chi connectivity index (χ1v) is 6.22. The zero-order chi connectivity index (χ0) is 13.8. The van der Waals surface area contributed by atoms with Gasteiger partial charge in [-0.1, -0.05) is 0 Å². The lowest BCUT2D eigenvalue weighted by Crippen LogP contribution is -2.22. The predicted molar refractivity (Wildman–Crippen MR) is 69.7 cm³/mol. The zero-order valence-electron chi connectivity index (χ0n) is 11.0. The smallest absolute Gasteiger partial charge is 0.128 e. The number of rotatable bonds is 5. The molecule has 0 bridgehead atoms. The van der Waals surface area contributed by atoms with Crippen molar-refractivity contribution < 1.29 is 8.78 Å². The topological polar surface area (TPSA) is 29.9 Å². The summed E-state index contributed by atoms with van der Waals surface area (Å²) in [5.74, 6) is -0.805. The van der Waals surface area contributed by atoms with E-state index in [1.807, 2.05) is 20.2 Å². The Labute approximate surface area is 111 Å². The van der Waals surface area contributed by atoms with Gasteiger partial charge in [0.05, 0.1) is 6.20 Å². The van der Waals surface area contributed by atoms with Gasteiger partial charge in [0.2, 0.25) is 0 Å². The van der Waals surface area contributed by atoms with Crippen LogP contribution in [0.5, 0.6) is 0 Å². The van der Waals surface area contributed by atoms with Crippen LogP contribution in [-0.2, 0) is 13.5 Å². The molecule has 0 saturated carbocycles. The molecule has 19 heavy (non-hydrogen) atoms. The highest BCUT2D eigenvalue weighted by Crippen LogP contribution is 2.17. The summed E-state index contributed by atoms with van der Waals surface area (Å²) in [5, 5.41) is 7.26. The Kier molecular flexibility index (Phi) is 4.27. The van der Waals surface area contributed by atoms with Gasteiger partial charge in [0.25, 0.3) is 0 Å². The van der Waals surface area contributed by atoms with Crippen molar-refractivity contribution in [1.29, 1.82) is 0 Å². The summed E-state index contributed by atoms with van der Waals surface area (Å²) in [6.45, 7) is 2.50. The molecule has 1 unspecified atom stereocenters. The molecular weight excluding hydrogens is 248 g/mol. The van der Waals surface area contributed by atoms with Crippen molar-refractivity contribution in [1.82, 2.24) is 15.1 Å². The average Bonchev–Trinajstić information content (AvgIpc) is 2.78. The SMILES string of the molecule is CC(NCCc1cnn(C)c1)c1cc(F)ccc1F. The standard InChI is InChI=1S/C14H17F2N3/c1-10(13-7-12(15)3-4-14(13)16)17-6-5-11-8-18-19(2)9-11/h3-4,7-10,17H,5-6H2,1-2H3. The number of benzene rings is 1. The van der Waals surface area contributed by atoms with E-state index >= 15 is 0 Å². The summed E-state index contributed by atoms with van der Waals surface area (Å²) in [6.07, 6.45) is 4.54. The number of hydrogen-bond acceptors (Lipinski definition) is 2. The lowest BCUT2D eigenvalue weighted by Gasteiger charge is -2.14. The van der Waals surface area contributed by atoms with E-state index in [0.29, 0.717) is 12.1 Å². The average molecular weight is 265 g/mol. The lowest BCUT2D eigenvalue weighted by molar-refractivity contribution is 0.521. The van der Waals surface area contributed by atoms with Crippen molar-refractivity contribution in [3.8, 4) is 0 Å². The fourth-order valence-electron chi connectivity index (χ4n) is 1.99. The Balaban J connectivity index is 1.90. The summed E-state index contributed by atoms with van der Waals surface area (Å²) < 4.78 is 28.4. The van der Waals surface area contributed by atoms with Crippen LogP contribution in [0, 0.1) is 11.6 Å². The quantitative estimate of drug-likeness (QED) is 0.900. The number of hydrogen-bond donors (Lipinski definition) is 1. The molecule has 102 valence electrons. The van der Waals surface area contributed by atoms with Gasteiger partial charge in [-0.2, -0.15) is 5.10 Å². The van der Waals surface area contributed by atoms with E-state index in [1.54, 1.807) is 10.9 Å². The van der Waals surface area contributed by atoms with E-state index in [1.165, 1.54) is 6.07 Å². The van der Waals surface area contributed by atoms with Gasteiger partial charge < -0.3 is 5.32 Å². The van der Waals surface area contributed by atoms with E-state index in [4.69, 9.17) is 0 Å². The number of aryl methyl sites for hydroxylation is 1. The molecule has 0 radical (unpaired) electrons. The molecule has 3 nitrogen and oxygen atoms in total. The van der Waals surface area contributed by atoms with Crippen LogP contribution in [0.2, 0.25) is 0 Å². The summed E-state index contributed by atoms with van der Waals surface area (Å²) in [5.41, 5.74) is 1.47. The minimum Gasteiger partial charge on any atom is -0.310 e. The van der Waals surface area contributed by atoms with Crippen LogP contribution in [0.15, 0.2) is 30.6 Å². The molecule has 1 N–H and O–H groups in total. The minimum atomic E-state index is -0.419. The van der Waals surface area contributed by atoms with Crippen LogP contribution in [0.1, 0.15) is 24.1 Å². The molecule has 0 fully saturated rings. The fraction of sp³-hybridized carbons (Fsp3) is 0.357. The number of nitrogens with one attached hydrogen (secondary N) is 1. The van der Waals surface area contributed by atoms with E-state index < -0.39 is 5.82 Å². The second kappa shape index (κ2) is 5.93. The third kappa shape index (κ3) is 3.61. The van der Waals surface area contributed by atoms with Gasteiger partial charge in [-0.05, 0) is 43.7 Å². The van der Waals surface area contributed by atoms with Gasteiger partial charge in [-0.25, -0.2) is 8.78 Å². The lowest BCUT2D eigenvalue weighted by atomic mass is 10.1. The summed E-state index contributed by atoms with van der Waals surface area (Å²) in [4.78, 5) is 0. The molecule has 1 heterocycles. The molecular formula is C14H17F2N3. The van der Waals surface area contributed by atoms with E-state index in [9.17, 15) is 8.78 Å². The number of nitrogens with zero attached hydrogens (tertiary/aromatic N) is 2. The maximum absolute atomic E-state index is 13.6. The number of aromatic nitrogens is 2. The molecule has 2 aromatic rings. The van der Waals surface area contributed by atoms with E-state index in [0.717, 1.165) is 24.1 Å². The van der Waals surface area contributed by atoms with Crippen LogP contribution in [0.4, 0.5) is 8.78 Å². The van der Waals surface area contributed by atoms with Gasteiger partial charge >= 0.3 is 0 Å². The van der Waals surface area contributed by atoms with Crippen LogP contribution in [0.3, 0.4) is 0 Å². The van der Waals surface area contributed by atoms with Crippen molar-refractivity contribution in [2.24, 2.45) is 7.05 Å². The third-order valence-electron chi connectivity index (χ3n) is 3.05. The maximum atomic E-state index is 13.6. The normalized spacial score (nSPS) is 12.6. The van der Waals surface area contributed by atoms with Crippen LogP contribution in [0.25, 0.3) is 0 Å². The van der Waals surface area contributed by atoms with Crippen LogP contribution in [-0.4, -0.2) is 16.3 Å². The van der Waals surface area contributed by atoms with E-state index in [2.05, 4.69) is 10.4 Å². The molecule has 5 heteroatoms. The molecule has 1 aromatic carbocycles. The molecule has 1 aromatic heterocycles. The largest absolute Gasteiger partial charge is 0.310 e. The number of halogens is 2. The highest BCUT2D eigenvalue weighted by atomic mass is 19.1. The first-order chi connectivity index (χ1) is 9.06. The molecule has 0 aliphatic heterocycles. The zero-order valence-corrected chi connectivity index (χ0v) is 11.0. The highest BCUT2D eigenvalue weighted by molar-refractivity contribution is 5.21. The van der Waals surface area contributed by atoms with Crippen molar-refractivity contribution in [2.75, 3.05) is 6.54 Å². The van der Waals surface area contributed by atoms with Gasteiger partial charge in [0.15, 0.2) is 0 Å². The van der Waals surface area contributed by atoms with Crippen LogP contribution < -0.4 is 5.32 Å². The monoisotopic (exact) mass is 265 g/mol. The van der Waals surface area contributed by atoms with Gasteiger partial charge in [-0.15, -0.1) is 0 Å². The Morgan fingerprint density at radius 1 is 1.37 bits per heavy atom. The second-order valence-electron chi connectivity index (χ2n) is 4.61. The third-order valence-corrected chi connectivity index (χ3v) is 3.05. The summed E-state index contributed by atoms with van der Waals surface area (Å²) >= 11 is 0. The highest BCUT2D eigenvalue weighted by Gasteiger charge is 2.11. The predicted octanol–water partition coefficient (Wildman–Crippen LogP) is 2.59. The van der Waals surface area contributed by atoms with Crippen molar-refractivity contribution in [3.63, 3.8) is 0 Å². The Morgan fingerprint density at radius 2 is 2.16 bits per heavy atom. The van der Waals surface area contributed by atoms with Gasteiger partial charge in [0, 0.05) is 24.8 Å². The van der Waals surface area contributed by atoms with Crippen molar-refractivity contribution in [2.45, 2.75) is 19.4 Å². The Hall–Kier alpha value is -1.75.